The Labute approximate surface area is 526 Å². The molecular formula is C66H78ClCuN7O13. The van der Waals surface area contributed by atoms with Gasteiger partial charge in [0, 0.05) is 37.0 Å². The van der Waals surface area contributed by atoms with Gasteiger partial charge in [-0.2, -0.15) is 0 Å². The Morgan fingerprint density at radius 2 is 0.852 bits per heavy atom. The Hall–Kier alpha value is -8.91. The number of ketones is 1. The van der Waals surface area contributed by atoms with E-state index in [2.05, 4.69) is 58.6 Å². The average Bonchev–Trinajstić information content (AvgIpc) is 2.33. The second-order valence-corrected chi connectivity index (χ2v) is 22.2. The number of esters is 2. The minimum absolute atomic E-state index is 0. The van der Waals surface area contributed by atoms with Gasteiger partial charge in [0.05, 0.1) is 17.2 Å². The number of ether oxygens (including phenoxy) is 4. The molecule has 2 aliphatic rings. The van der Waals surface area contributed by atoms with E-state index in [1.165, 1.54) is 0 Å². The number of hydrogen-bond donors (Lipinski definition) is 8. The number of rotatable bonds is 20. The van der Waals surface area contributed by atoms with Gasteiger partial charge in [-0.3, -0.25) is 4.79 Å². The van der Waals surface area contributed by atoms with Gasteiger partial charge < -0.3 is 69.9 Å². The first-order valence-electron chi connectivity index (χ1n) is 27.9. The molecule has 22 heteroatoms. The van der Waals surface area contributed by atoms with Crippen LogP contribution in [-0.4, -0.2) is 103 Å². The van der Waals surface area contributed by atoms with Crippen LogP contribution >= 0.6 is 10.1 Å². The van der Waals surface area contributed by atoms with Gasteiger partial charge in [-0.05, 0) is 154 Å². The third-order valence-corrected chi connectivity index (χ3v) is 13.4. The van der Waals surface area contributed by atoms with Gasteiger partial charge in [-0.1, -0.05) is 109 Å². The van der Waals surface area contributed by atoms with Gasteiger partial charge in [-0.25, -0.2) is 33.6 Å². The van der Waals surface area contributed by atoms with Crippen LogP contribution < -0.4 is 38.5 Å². The van der Waals surface area contributed by atoms with Crippen molar-refractivity contribution in [1.29, 1.82) is 0 Å². The Bertz CT molecular complexity index is 3240. The van der Waals surface area contributed by atoms with Crippen molar-refractivity contribution in [3.8, 4) is 22.3 Å². The number of alkyl carbamates (subject to hydrolysis) is 2. The van der Waals surface area contributed by atoms with Crippen LogP contribution in [0.15, 0.2) is 146 Å². The topological polar surface area (TPSA) is 320 Å². The van der Waals surface area contributed by atoms with Crippen LogP contribution in [0.4, 0.5) is 24.9 Å². The number of fused-ring (bicyclic) bond motifs is 6. The molecule has 0 unspecified atom stereocenters. The Morgan fingerprint density at radius 3 is 1.19 bits per heavy atom. The number of hydrogen-bond acceptors (Lipinski definition) is 13. The number of carboxylic acid groups (broad SMARTS) is 1. The Kier molecular flexibility index (Phi) is 28.0. The standard InChI is InChI=1S/C33H37N3O6.C21H23N3O5.C11H15NO2.CH3.ClH.Cu/c1-33(2,3)42-30(38)22-16-14-21(15-17-22)19-29(37)28(13-8-18-35-31(34)39)36-32(40)41-20-27-25-11-6-4-9-23(25)24-10-5-7-12-26(24)27;22-20(27)23-11-5-10-18(19(25)26)24-21(28)29-12-17-15-8-3-1-6-13(15)14-7-2-4-9-16(14)17;1-11(2,3)14-10(13)8-4-6-9(12)7-5-8;;;/h4-7,9-12,14-17,27-28H,8,13,18-20H2,1-3H3,(H,36,40)(H3,34,35,39);1-4,6-9,17-18H,5,10-12H2,(H,24,28)(H,25,26)(H3,22,23,27);4-7H,12H2,1-3H3;1H3;1H;/q;;;-1;;+2/p-1/t28-;18-;;;;/m00..../s1. The van der Waals surface area contributed by atoms with Crippen LogP contribution in [-0.2, 0) is 50.1 Å². The fraction of sp³-hybridized carbons (Fsp3) is 0.318. The number of nitrogens with one attached hydrogen (secondary N) is 4. The van der Waals surface area contributed by atoms with Crippen LogP contribution in [0.25, 0.3) is 22.3 Å². The van der Waals surface area contributed by atoms with Gasteiger partial charge in [0.25, 0.3) is 0 Å². The number of urea groups is 2. The second-order valence-electron chi connectivity index (χ2n) is 22.2. The summed E-state index contributed by atoms with van der Waals surface area (Å²) in [5, 5.41) is 19.3. The molecule has 0 saturated carbocycles. The van der Waals surface area contributed by atoms with E-state index in [-0.39, 0.29) is 76.6 Å². The van der Waals surface area contributed by atoms with Crippen LogP contribution in [0.5, 0.6) is 0 Å². The van der Waals surface area contributed by atoms with Crippen molar-refractivity contribution in [2.24, 2.45) is 11.5 Å². The van der Waals surface area contributed by atoms with E-state index in [9.17, 15) is 43.5 Å². The fourth-order valence-corrected chi connectivity index (χ4v) is 9.55. The summed E-state index contributed by atoms with van der Waals surface area (Å²) < 4.78 is 21.6. The van der Waals surface area contributed by atoms with Crippen molar-refractivity contribution < 1.29 is 77.5 Å². The molecule has 88 heavy (non-hydrogen) atoms. The van der Waals surface area contributed by atoms with Gasteiger partial charge in [0.15, 0.2) is 5.78 Å². The van der Waals surface area contributed by atoms with E-state index in [1.54, 1.807) is 69.3 Å². The Balaban J connectivity index is 0.000000310. The van der Waals surface area contributed by atoms with Crippen molar-refractivity contribution in [3.05, 3.63) is 192 Å². The first-order valence-corrected chi connectivity index (χ1v) is 29.2. The molecule has 8 rings (SSSR count). The van der Waals surface area contributed by atoms with Crippen molar-refractivity contribution in [3.63, 3.8) is 0 Å². The first-order chi connectivity index (χ1) is 41.4. The minimum atomic E-state index is -1.17. The summed E-state index contributed by atoms with van der Waals surface area (Å²) in [5.74, 6) is -2.38. The molecule has 0 aromatic heterocycles. The third-order valence-electron chi connectivity index (χ3n) is 13.4. The average molecular weight is 1280 g/mol. The number of nitrogens with two attached hydrogens (primary N) is 3. The summed E-state index contributed by atoms with van der Waals surface area (Å²) in [4.78, 5) is 95.3. The molecule has 6 amide bonds. The molecule has 0 saturated heterocycles. The van der Waals surface area contributed by atoms with E-state index in [1.807, 2.05) is 106 Å². The number of carboxylic acids is 1. The molecular weight excluding hydrogens is 1200 g/mol. The van der Waals surface area contributed by atoms with E-state index in [0.29, 0.717) is 35.2 Å². The quantitative estimate of drug-likeness (QED) is 0.00880. The SMILES string of the molecule is CC(C)(C)OC(=O)c1ccc(CC(=O)[C@H](CCCNC(N)=O)NC(=O)OCC2c3ccccc3-c3ccccc32)cc1.CC(C)(C)OC(=O)c1ccc(N)cc1.NC(=O)NCCC[C@H](NC(=O)OCC1c2ccccc2-c2ccccc21)C(=O)O.[CH3-].[Cl][Cu+]. The maximum atomic E-state index is 13.3. The fourth-order valence-electron chi connectivity index (χ4n) is 9.55. The molecule has 20 nitrogen and oxygen atoms in total. The van der Waals surface area contributed by atoms with E-state index < -0.39 is 59.5 Å². The molecule has 0 radical (unpaired) electrons. The van der Waals surface area contributed by atoms with Crippen molar-refractivity contribution in [1.82, 2.24) is 21.3 Å². The van der Waals surface area contributed by atoms with E-state index in [4.69, 9.17) is 36.1 Å². The van der Waals surface area contributed by atoms with Gasteiger partial charge in [0.1, 0.15) is 30.5 Å². The van der Waals surface area contributed by atoms with Gasteiger partial charge in [-0.15, -0.1) is 0 Å². The molecule has 0 fully saturated rings. The van der Waals surface area contributed by atoms with Crippen molar-refractivity contribution in [2.75, 3.05) is 32.0 Å². The number of anilines is 1. The van der Waals surface area contributed by atoms with Crippen LogP contribution in [0.3, 0.4) is 0 Å². The molecule has 6 aromatic rings. The number of amides is 6. The molecule has 11 N–H and O–H groups in total. The molecule has 0 heterocycles. The first kappa shape index (κ1) is 71.6. The van der Waals surface area contributed by atoms with E-state index >= 15 is 0 Å². The van der Waals surface area contributed by atoms with Crippen LogP contribution in [0.1, 0.15) is 128 Å². The number of carbonyl (C=O) groups is 8. The number of benzene rings is 6. The third kappa shape index (κ3) is 22.4. The normalized spacial score (nSPS) is 12.3. The zero-order valence-corrected chi connectivity index (χ0v) is 52.0. The summed E-state index contributed by atoms with van der Waals surface area (Å²) >= 11 is 3.66. The summed E-state index contributed by atoms with van der Waals surface area (Å²) in [5.41, 5.74) is 25.6. The number of aliphatic carboxylic acids is 1. The molecule has 0 bridgehead atoms. The summed E-state index contributed by atoms with van der Waals surface area (Å²) in [6.07, 6.45) is -0.268. The predicted octanol–water partition coefficient (Wildman–Crippen LogP) is 10.9. The van der Waals surface area contributed by atoms with Crippen LogP contribution in [0.2, 0.25) is 0 Å². The zero-order valence-electron chi connectivity index (χ0n) is 50.3. The number of Topliss-reactive ketones (excluding diaryl/α,β-unsaturated/α-hetero) is 1. The molecule has 6 aromatic carbocycles. The van der Waals surface area contributed by atoms with Crippen molar-refractivity contribution >= 4 is 63.7 Å². The number of carbonyl (C=O) groups excluding carboxylic acids is 7. The second kappa shape index (κ2) is 34.4. The maximum absolute atomic E-state index is 13.3. The van der Waals surface area contributed by atoms with Crippen molar-refractivity contribution in [2.45, 2.75) is 109 Å². The molecule has 0 aliphatic heterocycles. The monoisotopic (exact) mass is 1270 g/mol. The molecule has 2 aliphatic carbocycles. The zero-order chi connectivity index (χ0) is 63.8. The summed E-state index contributed by atoms with van der Waals surface area (Å²) in [6.45, 7) is 11.6. The summed E-state index contributed by atoms with van der Waals surface area (Å²) in [7, 11) is 4.20. The molecule has 2 atom stereocenters. The van der Waals surface area contributed by atoms with Gasteiger partial charge in [0.2, 0.25) is 0 Å². The van der Waals surface area contributed by atoms with E-state index in [0.717, 1.165) is 44.5 Å². The predicted molar refractivity (Wildman–Crippen MR) is 334 cm³/mol. The number of primary amides is 2. The Morgan fingerprint density at radius 1 is 0.523 bits per heavy atom. The van der Waals surface area contributed by atoms with Gasteiger partial charge >= 0.3 is 67.4 Å². The molecule has 0 spiro atoms. The van der Waals surface area contributed by atoms with Crippen LogP contribution in [0, 0.1) is 7.43 Å². The molecule has 473 valence electrons. The number of nitrogen functional groups attached to an aromatic ring is 1. The number of halogens is 1. The summed E-state index contributed by atoms with van der Waals surface area (Å²) in [6, 6.07) is 42.0.